The van der Waals surface area contributed by atoms with Crippen LogP contribution < -0.4 is 5.73 Å². The van der Waals surface area contributed by atoms with Gasteiger partial charge in [-0.05, 0) is 17.7 Å². The molecule has 6 heteroatoms. The van der Waals surface area contributed by atoms with Gasteiger partial charge in [-0.2, -0.15) is 0 Å². The first-order chi connectivity index (χ1) is 8.13. The molecule has 0 atom stereocenters. The first kappa shape index (κ1) is 12.7. The van der Waals surface area contributed by atoms with Crippen molar-refractivity contribution in [2.45, 2.75) is 0 Å². The fraction of sp³-hybridized carbons (Fsp3) is 0.182. The number of amides is 1. The third-order valence-corrected chi connectivity index (χ3v) is 1.81. The minimum atomic E-state index is -0.594. The number of hydrogen-bond acceptors (Lipinski definition) is 5. The number of carbonyl (C=O) groups is 2. The molecule has 2 N–H and O–H groups in total. The minimum absolute atomic E-state index is 0.267. The van der Waals surface area contributed by atoms with Gasteiger partial charge < -0.3 is 15.3 Å². The molecule has 0 saturated carbocycles. The second-order valence-electron chi connectivity index (χ2n) is 3.09. The predicted molar refractivity (Wildman–Crippen MR) is 60.5 cm³/mol. The summed E-state index contributed by atoms with van der Waals surface area (Å²) < 4.78 is 4.55. The van der Waals surface area contributed by atoms with Gasteiger partial charge in [0.15, 0.2) is 6.61 Å². The van der Waals surface area contributed by atoms with Gasteiger partial charge in [-0.1, -0.05) is 17.3 Å². The lowest BCUT2D eigenvalue weighted by atomic mass is 10.1. The summed E-state index contributed by atoms with van der Waals surface area (Å²) >= 11 is 0. The van der Waals surface area contributed by atoms with Crippen LogP contribution in [0.1, 0.15) is 15.9 Å². The van der Waals surface area contributed by atoms with Crippen LogP contribution in [-0.4, -0.2) is 31.8 Å². The van der Waals surface area contributed by atoms with Gasteiger partial charge in [0.1, 0.15) is 0 Å². The number of ether oxygens (including phenoxy) is 1. The molecular formula is C11H12N2O4. The van der Waals surface area contributed by atoms with E-state index < -0.39 is 11.9 Å². The number of nitrogens with zero attached hydrogens (tertiary/aromatic N) is 1. The second-order valence-corrected chi connectivity index (χ2v) is 3.09. The number of hydrogen-bond donors (Lipinski definition) is 1. The molecule has 1 amide bonds. The van der Waals surface area contributed by atoms with E-state index in [1.807, 2.05) is 0 Å². The Kier molecular flexibility index (Phi) is 4.68. The van der Waals surface area contributed by atoms with Gasteiger partial charge in [-0.3, -0.25) is 4.79 Å². The van der Waals surface area contributed by atoms with Crippen molar-refractivity contribution < 1.29 is 19.2 Å². The van der Waals surface area contributed by atoms with E-state index in [0.717, 1.165) is 5.56 Å². The Balaban J connectivity index is 2.56. The maximum absolute atomic E-state index is 11.1. The summed E-state index contributed by atoms with van der Waals surface area (Å²) in [5.74, 6) is -0.998. The van der Waals surface area contributed by atoms with E-state index in [4.69, 9.17) is 5.73 Å². The standard InChI is InChI=1S/C11H12N2O4/c1-16-11(15)9-4-2-8(3-5-9)6-13-17-7-10(12)14/h2-6H,7H2,1H3,(H2,12,14)/b13-6+. The van der Waals surface area contributed by atoms with Crippen LogP contribution in [0.3, 0.4) is 0 Å². The topological polar surface area (TPSA) is 91.0 Å². The van der Waals surface area contributed by atoms with Gasteiger partial charge in [0.05, 0.1) is 18.9 Å². The first-order valence-electron chi connectivity index (χ1n) is 4.75. The Morgan fingerprint density at radius 1 is 1.35 bits per heavy atom. The number of carbonyl (C=O) groups excluding carboxylic acids is 2. The number of methoxy groups -OCH3 is 1. The highest BCUT2D eigenvalue weighted by Crippen LogP contribution is 2.03. The molecule has 0 bridgehead atoms. The smallest absolute Gasteiger partial charge is 0.337 e. The summed E-state index contributed by atoms with van der Waals surface area (Å²) in [7, 11) is 1.31. The average Bonchev–Trinajstić information content (AvgIpc) is 2.34. The summed E-state index contributed by atoms with van der Waals surface area (Å²) in [5.41, 5.74) is 6.02. The number of esters is 1. The predicted octanol–water partition coefficient (Wildman–Crippen LogP) is 0.309. The molecule has 0 radical (unpaired) electrons. The normalized spacial score (nSPS) is 10.2. The first-order valence-corrected chi connectivity index (χ1v) is 4.75. The summed E-state index contributed by atoms with van der Waals surface area (Å²) in [4.78, 5) is 26.1. The Labute approximate surface area is 98.0 Å². The van der Waals surface area contributed by atoms with Crippen LogP contribution in [-0.2, 0) is 14.4 Å². The monoisotopic (exact) mass is 236 g/mol. The largest absolute Gasteiger partial charge is 0.465 e. The maximum Gasteiger partial charge on any atom is 0.337 e. The van der Waals surface area contributed by atoms with Gasteiger partial charge >= 0.3 is 5.97 Å². The van der Waals surface area contributed by atoms with Crippen LogP contribution in [0.15, 0.2) is 29.4 Å². The fourth-order valence-corrected chi connectivity index (χ4v) is 1.02. The molecule has 0 fully saturated rings. The lowest BCUT2D eigenvalue weighted by molar-refractivity contribution is -0.122. The zero-order valence-electron chi connectivity index (χ0n) is 9.25. The molecule has 90 valence electrons. The van der Waals surface area contributed by atoms with Crippen molar-refractivity contribution in [3.63, 3.8) is 0 Å². The molecule has 1 rings (SSSR count). The van der Waals surface area contributed by atoms with Crippen molar-refractivity contribution in [1.82, 2.24) is 0 Å². The lowest BCUT2D eigenvalue weighted by Crippen LogP contribution is -2.16. The molecule has 1 aromatic rings. The van der Waals surface area contributed by atoms with E-state index in [0.29, 0.717) is 5.56 Å². The molecule has 0 aliphatic carbocycles. The van der Waals surface area contributed by atoms with Crippen molar-refractivity contribution in [2.24, 2.45) is 10.9 Å². The number of primary amides is 1. The van der Waals surface area contributed by atoms with Crippen molar-refractivity contribution in [3.05, 3.63) is 35.4 Å². The van der Waals surface area contributed by atoms with Crippen molar-refractivity contribution in [1.29, 1.82) is 0 Å². The quantitative estimate of drug-likeness (QED) is 0.452. The van der Waals surface area contributed by atoms with Gasteiger partial charge in [-0.25, -0.2) is 4.79 Å². The Bertz CT molecular complexity index is 426. The molecule has 1 aromatic carbocycles. The van der Waals surface area contributed by atoms with E-state index in [-0.39, 0.29) is 6.61 Å². The molecule has 0 aliphatic rings. The van der Waals surface area contributed by atoms with Crippen LogP contribution >= 0.6 is 0 Å². The third-order valence-electron chi connectivity index (χ3n) is 1.81. The molecule has 0 unspecified atom stereocenters. The zero-order chi connectivity index (χ0) is 12.7. The molecule has 0 aliphatic heterocycles. The van der Waals surface area contributed by atoms with E-state index in [1.54, 1.807) is 24.3 Å². The van der Waals surface area contributed by atoms with Crippen molar-refractivity contribution in [2.75, 3.05) is 13.7 Å². The maximum atomic E-state index is 11.1. The van der Waals surface area contributed by atoms with E-state index in [9.17, 15) is 9.59 Å². The summed E-state index contributed by atoms with van der Waals surface area (Å²) in [6.07, 6.45) is 1.41. The number of benzene rings is 1. The van der Waals surface area contributed by atoms with Crippen LogP contribution in [0.2, 0.25) is 0 Å². The molecule has 0 spiro atoms. The molecule has 17 heavy (non-hydrogen) atoms. The fourth-order valence-electron chi connectivity index (χ4n) is 1.02. The molecule has 6 nitrogen and oxygen atoms in total. The number of oxime groups is 1. The van der Waals surface area contributed by atoms with Gasteiger partial charge in [-0.15, -0.1) is 0 Å². The Hall–Kier alpha value is -2.37. The minimum Gasteiger partial charge on any atom is -0.465 e. The summed E-state index contributed by atoms with van der Waals surface area (Å²) in [6, 6.07) is 6.54. The van der Waals surface area contributed by atoms with Crippen molar-refractivity contribution in [3.8, 4) is 0 Å². The van der Waals surface area contributed by atoms with E-state index in [1.165, 1.54) is 13.3 Å². The van der Waals surface area contributed by atoms with Crippen LogP contribution in [0.4, 0.5) is 0 Å². The Morgan fingerprint density at radius 3 is 2.53 bits per heavy atom. The van der Waals surface area contributed by atoms with Crippen LogP contribution in [0.25, 0.3) is 0 Å². The van der Waals surface area contributed by atoms with Gasteiger partial charge in [0, 0.05) is 0 Å². The van der Waals surface area contributed by atoms with Crippen LogP contribution in [0.5, 0.6) is 0 Å². The summed E-state index contributed by atoms with van der Waals surface area (Å²) in [5, 5.41) is 3.53. The zero-order valence-corrected chi connectivity index (χ0v) is 9.25. The number of nitrogens with two attached hydrogens (primary N) is 1. The van der Waals surface area contributed by atoms with Crippen LogP contribution in [0, 0.1) is 0 Å². The average molecular weight is 236 g/mol. The van der Waals surface area contributed by atoms with E-state index in [2.05, 4.69) is 14.7 Å². The summed E-state index contributed by atoms with van der Waals surface area (Å²) in [6.45, 7) is -0.267. The highest BCUT2D eigenvalue weighted by molar-refractivity contribution is 5.90. The second kappa shape index (κ2) is 6.26. The molecule has 0 saturated heterocycles. The van der Waals surface area contributed by atoms with Gasteiger partial charge in [0.25, 0.3) is 5.91 Å². The molecular weight excluding hydrogens is 224 g/mol. The Morgan fingerprint density at radius 2 is 2.00 bits per heavy atom. The van der Waals surface area contributed by atoms with Crippen molar-refractivity contribution >= 4 is 18.1 Å². The van der Waals surface area contributed by atoms with Gasteiger partial charge in [0.2, 0.25) is 0 Å². The third kappa shape index (κ3) is 4.33. The number of rotatable bonds is 5. The van der Waals surface area contributed by atoms with E-state index >= 15 is 0 Å². The molecule has 0 aromatic heterocycles. The lowest BCUT2D eigenvalue weighted by Gasteiger charge is -1.99. The highest BCUT2D eigenvalue weighted by Gasteiger charge is 2.03. The SMILES string of the molecule is COC(=O)c1ccc(/C=N/OCC(N)=O)cc1. The highest BCUT2D eigenvalue weighted by atomic mass is 16.6. The molecule has 0 heterocycles.